The van der Waals surface area contributed by atoms with E-state index in [1.165, 1.54) is 5.56 Å². The van der Waals surface area contributed by atoms with Crippen molar-refractivity contribution in [3.8, 4) is 0 Å². The van der Waals surface area contributed by atoms with Crippen molar-refractivity contribution < 1.29 is 0 Å². The Balaban J connectivity index is 1.79. The topological polar surface area (TPSA) is 28.5 Å². The Kier molecular flexibility index (Phi) is 4.43. The van der Waals surface area contributed by atoms with Crippen molar-refractivity contribution in [3.63, 3.8) is 0 Å². The monoisotopic (exact) mass is 367 g/mol. The van der Waals surface area contributed by atoms with E-state index in [9.17, 15) is 0 Å². The normalized spacial score (nSPS) is 16.8. The van der Waals surface area contributed by atoms with Crippen LogP contribution in [0.3, 0.4) is 0 Å². The molecule has 2 aromatic carbocycles. The van der Waals surface area contributed by atoms with E-state index >= 15 is 0 Å². The smallest absolute Gasteiger partial charge is 0.168 e. The van der Waals surface area contributed by atoms with Gasteiger partial charge in [-0.25, -0.2) is 9.99 Å². The highest BCUT2D eigenvalue weighted by molar-refractivity contribution is 6.36. The highest BCUT2D eigenvalue weighted by Crippen LogP contribution is 2.39. The molecule has 124 valence electrons. The van der Waals surface area contributed by atoms with E-state index < -0.39 is 0 Å². The molecule has 5 heteroatoms. The summed E-state index contributed by atoms with van der Waals surface area (Å²) in [6, 6.07) is 22.2. The maximum atomic E-state index is 6.40. The molecule has 2 heterocycles. The van der Waals surface area contributed by atoms with Crippen molar-refractivity contribution in [2.45, 2.75) is 12.5 Å². The second-order valence-electron chi connectivity index (χ2n) is 5.85. The average Bonchev–Trinajstić information content (AvgIpc) is 3.08. The molecule has 1 atom stereocenters. The van der Waals surface area contributed by atoms with Crippen LogP contribution in [0.4, 0.5) is 5.82 Å². The fourth-order valence-corrected chi connectivity index (χ4v) is 3.49. The van der Waals surface area contributed by atoms with E-state index in [0.29, 0.717) is 15.9 Å². The van der Waals surface area contributed by atoms with E-state index in [4.69, 9.17) is 28.3 Å². The number of pyridine rings is 1. The Bertz CT molecular complexity index is 911. The van der Waals surface area contributed by atoms with Gasteiger partial charge in [-0.15, -0.1) is 0 Å². The summed E-state index contributed by atoms with van der Waals surface area (Å²) in [7, 11) is 0. The first-order valence-electron chi connectivity index (χ1n) is 8.00. The van der Waals surface area contributed by atoms with Crippen LogP contribution in [0.15, 0.2) is 78.0 Å². The van der Waals surface area contributed by atoms with Crippen LogP contribution in [0, 0.1) is 0 Å². The van der Waals surface area contributed by atoms with Crippen molar-refractivity contribution in [2.75, 3.05) is 5.01 Å². The maximum absolute atomic E-state index is 6.40. The summed E-state index contributed by atoms with van der Waals surface area (Å²) in [6.07, 6.45) is 2.38. The predicted molar refractivity (Wildman–Crippen MR) is 104 cm³/mol. The fraction of sp³-hybridized carbons (Fsp3) is 0.100. The minimum Gasteiger partial charge on any atom is -0.238 e. The minimum atomic E-state index is 0.0441. The Morgan fingerprint density at radius 1 is 0.920 bits per heavy atom. The second kappa shape index (κ2) is 6.87. The first-order chi connectivity index (χ1) is 12.2. The van der Waals surface area contributed by atoms with Gasteiger partial charge in [0.2, 0.25) is 0 Å². The van der Waals surface area contributed by atoms with Crippen LogP contribution in [0.5, 0.6) is 0 Å². The first kappa shape index (κ1) is 16.1. The van der Waals surface area contributed by atoms with Gasteiger partial charge in [0, 0.05) is 12.6 Å². The first-order valence-corrected chi connectivity index (χ1v) is 8.76. The molecule has 4 rings (SSSR count). The summed E-state index contributed by atoms with van der Waals surface area (Å²) in [5, 5.41) is 7.74. The van der Waals surface area contributed by atoms with E-state index in [0.717, 1.165) is 17.7 Å². The summed E-state index contributed by atoms with van der Waals surface area (Å²) in [6.45, 7) is 0. The van der Waals surface area contributed by atoms with Crippen molar-refractivity contribution >= 4 is 34.7 Å². The van der Waals surface area contributed by atoms with Gasteiger partial charge in [-0.1, -0.05) is 83.9 Å². The molecule has 25 heavy (non-hydrogen) atoms. The average molecular weight is 368 g/mol. The fourth-order valence-electron chi connectivity index (χ4n) is 3.02. The van der Waals surface area contributed by atoms with Gasteiger partial charge in [-0.3, -0.25) is 0 Å². The van der Waals surface area contributed by atoms with Gasteiger partial charge in [0.15, 0.2) is 5.82 Å². The lowest BCUT2D eigenvalue weighted by atomic mass is 9.98. The molecule has 1 aromatic heterocycles. The maximum Gasteiger partial charge on any atom is 0.168 e. The Morgan fingerprint density at radius 3 is 2.28 bits per heavy atom. The molecular formula is C20H15Cl2N3. The van der Waals surface area contributed by atoms with Crippen LogP contribution in [0.1, 0.15) is 23.6 Å². The number of halogens is 2. The molecule has 3 aromatic rings. The van der Waals surface area contributed by atoms with Gasteiger partial charge in [0.05, 0.1) is 21.8 Å². The second-order valence-corrected chi connectivity index (χ2v) is 6.69. The summed E-state index contributed by atoms with van der Waals surface area (Å²) in [5.41, 5.74) is 3.29. The molecule has 0 aliphatic carbocycles. The zero-order valence-electron chi connectivity index (χ0n) is 13.3. The van der Waals surface area contributed by atoms with E-state index in [1.807, 2.05) is 41.4 Å². The largest absolute Gasteiger partial charge is 0.238 e. The zero-order valence-corrected chi connectivity index (χ0v) is 14.8. The van der Waals surface area contributed by atoms with Crippen molar-refractivity contribution in [1.82, 2.24) is 4.98 Å². The highest BCUT2D eigenvalue weighted by atomic mass is 35.5. The summed E-state index contributed by atoms with van der Waals surface area (Å²) >= 11 is 12.4. The van der Waals surface area contributed by atoms with Gasteiger partial charge < -0.3 is 0 Å². The Hall–Kier alpha value is -2.36. The van der Waals surface area contributed by atoms with Crippen molar-refractivity contribution in [2.24, 2.45) is 5.10 Å². The summed E-state index contributed by atoms with van der Waals surface area (Å²) in [4.78, 5) is 4.42. The van der Waals surface area contributed by atoms with Crippen LogP contribution in [-0.4, -0.2) is 10.7 Å². The SMILES string of the molecule is Clc1cnc(N2N=C(c3ccccc3)CC2c2ccccc2)c(Cl)c1. The molecule has 0 amide bonds. The minimum absolute atomic E-state index is 0.0441. The molecule has 1 unspecified atom stereocenters. The van der Waals surface area contributed by atoms with Crippen LogP contribution < -0.4 is 5.01 Å². The molecule has 0 saturated carbocycles. The van der Waals surface area contributed by atoms with Gasteiger partial charge >= 0.3 is 0 Å². The number of aromatic nitrogens is 1. The third-order valence-electron chi connectivity index (χ3n) is 4.21. The number of benzene rings is 2. The zero-order chi connectivity index (χ0) is 17.2. The van der Waals surface area contributed by atoms with Crippen molar-refractivity contribution in [1.29, 1.82) is 0 Å². The molecule has 0 bridgehead atoms. The molecule has 0 saturated heterocycles. The highest BCUT2D eigenvalue weighted by Gasteiger charge is 2.31. The number of anilines is 1. The molecule has 0 spiro atoms. The van der Waals surface area contributed by atoms with Crippen LogP contribution in [-0.2, 0) is 0 Å². The lowest BCUT2D eigenvalue weighted by molar-refractivity contribution is 0.699. The standard InChI is InChI=1S/C20H15Cl2N3/c21-16-11-17(22)20(23-13-16)25-19(15-9-5-2-6-10-15)12-18(24-25)14-7-3-1-4-8-14/h1-11,13,19H,12H2. The third kappa shape index (κ3) is 3.26. The Morgan fingerprint density at radius 2 is 1.60 bits per heavy atom. The van der Waals surface area contributed by atoms with E-state index in [2.05, 4.69) is 29.2 Å². The van der Waals surface area contributed by atoms with Crippen molar-refractivity contribution in [3.05, 3.63) is 94.1 Å². The Labute approximate surface area is 156 Å². The number of hydrogen-bond donors (Lipinski definition) is 0. The van der Waals surface area contributed by atoms with Gasteiger partial charge in [-0.05, 0) is 17.2 Å². The van der Waals surface area contributed by atoms with Gasteiger partial charge in [0.25, 0.3) is 0 Å². The molecule has 3 nitrogen and oxygen atoms in total. The van der Waals surface area contributed by atoms with E-state index in [1.54, 1.807) is 12.3 Å². The number of rotatable bonds is 3. The van der Waals surface area contributed by atoms with Crippen LogP contribution in [0.25, 0.3) is 0 Å². The molecule has 0 N–H and O–H groups in total. The number of nitrogens with zero attached hydrogens (tertiary/aromatic N) is 3. The number of hydrogen-bond acceptors (Lipinski definition) is 3. The van der Waals surface area contributed by atoms with Crippen LogP contribution in [0.2, 0.25) is 10.0 Å². The molecule has 0 radical (unpaired) electrons. The lowest BCUT2D eigenvalue weighted by Gasteiger charge is -2.23. The number of hydrazone groups is 1. The van der Waals surface area contributed by atoms with Crippen LogP contribution >= 0.6 is 23.2 Å². The van der Waals surface area contributed by atoms with Gasteiger partial charge in [0.1, 0.15) is 0 Å². The molecular weight excluding hydrogens is 353 g/mol. The molecule has 1 aliphatic rings. The third-order valence-corrected chi connectivity index (χ3v) is 4.69. The summed E-state index contributed by atoms with van der Waals surface area (Å²) in [5.74, 6) is 0.617. The lowest BCUT2D eigenvalue weighted by Crippen LogP contribution is -2.19. The van der Waals surface area contributed by atoms with Gasteiger partial charge in [-0.2, -0.15) is 5.10 Å². The molecule has 0 fully saturated rings. The molecule has 1 aliphatic heterocycles. The van der Waals surface area contributed by atoms with E-state index in [-0.39, 0.29) is 6.04 Å². The quantitative estimate of drug-likeness (QED) is 0.589. The summed E-state index contributed by atoms with van der Waals surface area (Å²) < 4.78 is 0. The predicted octanol–water partition coefficient (Wildman–Crippen LogP) is 5.74.